The van der Waals surface area contributed by atoms with E-state index in [1.807, 2.05) is 13.8 Å². The number of fused-ring (bicyclic) bond motifs is 1. The number of carbonyl (C=O) groups is 1. The fourth-order valence-electron chi connectivity index (χ4n) is 3.53. The average Bonchev–Trinajstić information content (AvgIpc) is 2.70. The maximum atomic E-state index is 11.4. The second-order valence-electron chi connectivity index (χ2n) is 6.55. The summed E-state index contributed by atoms with van der Waals surface area (Å²) in [6.45, 7) is 5.82. The monoisotopic (exact) mass is 395 g/mol. The predicted molar refractivity (Wildman–Crippen MR) is 105 cm³/mol. The Morgan fingerprint density at radius 3 is 2.72 bits per heavy atom. The summed E-state index contributed by atoms with van der Waals surface area (Å²) < 4.78 is 16.5. The first-order valence-corrected chi connectivity index (χ1v) is 9.06. The molecule has 0 fully saturated rings. The fourth-order valence-corrected chi connectivity index (χ4v) is 3.53. The molecule has 0 saturated heterocycles. The zero-order chi connectivity index (χ0) is 21.1. The molecule has 0 aliphatic carbocycles. The van der Waals surface area contributed by atoms with Crippen LogP contribution < -0.4 is 9.47 Å². The first kappa shape index (κ1) is 20.1. The Morgan fingerprint density at radius 1 is 1.34 bits per heavy atom. The molecule has 1 aromatic heterocycles. The second kappa shape index (κ2) is 8.19. The van der Waals surface area contributed by atoms with Gasteiger partial charge >= 0.3 is 6.16 Å². The Kier molecular flexibility index (Phi) is 5.69. The van der Waals surface area contributed by atoms with Crippen molar-refractivity contribution < 1.29 is 24.1 Å². The van der Waals surface area contributed by atoms with Crippen LogP contribution in [0, 0.1) is 18.3 Å². The molecule has 1 N–H and O–H groups in total. The number of nitriles is 1. The minimum atomic E-state index is -1.41. The number of methoxy groups -OCH3 is 1. The molecule has 2 heterocycles. The number of rotatable bonds is 5. The number of pyridine rings is 1. The molecule has 1 aliphatic rings. The number of carboxylic acid groups (broad SMARTS) is 1. The van der Waals surface area contributed by atoms with Gasteiger partial charge in [0.25, 0.3) is 0 Å². The summed E-state index contributed by atoms with van der Waals surface area (Å²) in [4.78, 5) is 20.4. The number of benzene rings is 1. The molecule has 150 valence electrons. The maximum Gasteiger partial charge on any atom is 0.506 e. The molecular formula is C21H21N3O5. The third-order valence-electron chi connectivity index (χ3n) is 4.75. The molecule has 0 spiro atoms. The lowest BCUT2D eigenvalue weighted by Crippen LogP contribution is -2.35. The summed E-state index contributed by atoms with van der Waals surface area (Å²) in [5.74, 6) is 0.202. The van der Waals surface area contributed by atoms with Gasteiger partial charge in [-0.15, -0.1) is 0 Å². The fraction of sp³-hybridized carbons (Fsp3) is 0.333. The minimum Gasteiger partial charge on any atom is -0.496 e. The van der Waals surface area contributed by atoms with Gasteiger partial charge < -0.3 is 19.3 Å². The third kappa shape index (κ3) is 3.72. The molecule has 2 atom stereocenters. The van der Waals surface area contributed by atoms with E-state index in [1.54, 1.807) is 31.3 Å². The number of aliphatic imine (C=N–C) groups is 1. The van der Waals surface area contributed by atoms with E-state index in [2.05, 4.69) is 16.0 Å². The van der Waals surface area contributed by atoms with Gasteiger partial charge in [0.1, 0.15) is 5.75 Å². The standard InChI is InChI=1S/C21H21N3O5/c1-5-28-20-17-16(14-7-6-13(9-22)8-15(14)27-4)19(29-21(25)26)12(3)24-18(17)11(2)10-23-20/h6-8,10,16,19H,5H2,1-4H3,(H,25,26). The summed E-state index contributed by atoms with van der Waals surface area (Å²) in [5, 5.41) is 18.6. The molecule has 0 radical (unpaired) electrons. The highest BCUT2D eigenvalue weighted by atomic mass is 16.7. The average molecular weight is 395 g/mol. The van der Waals surface area contributed by atoms with Crippen LogP contribution in [0.4, 0.5) is 10.5 Å². The van der Waals surface area contributed by atoms with Gasteiger partial charge in [0.2, 0.25) is 5.88 Å². The van der Waals surface area contributed by atoms with E-state index in [-0.39, 0.29) is 0 Å². The van der Waals surface area contributed by atoms with Crippen molar-refractivity contribution in [2.75, 3.05) is 13.7 Å². The number of hydrogen-bond donors (Lipinski definition) is 1. The Morgan fingerprint density at radius 2 is 2.10 bits per heavy atom. The second-order valence-corrected chi connectivity index (χ2v) is 6.55. The first-order valence-electron chi connectivity index (χ1n) is 9.06. The topological polar surface area (TPSA) is 114 Å². The van der Waals surface area contributed by atoms with Gasteiger partial charge in [0.15, 0.2) is 6.10 Å². The summed E-state index contributed by atoms with van der Waals surface area (Å²) in [6.07, 6.45) is -0.639. The zero-order valence-electron chi connectivity index (χ0n) is 16.6. The van der Waals surface area contributed by atoms with Gasteiger partial charge in [0.05, 0.1) is 48.2 Å². The summed E-state index contributed by atoms with van der Waals surface area (Å²) in [5.41, 5.74) is 3.72. The number of aromatic nitrogens is 1. The van der Waals surface area contributed by atoms with Crippen LogP contribution in [0.5, 0.6) is 11.6 Å². The lowest BCUT2D eigenvalue weighted by molar-refractivity contribution is 0.0688. The van der Waals surface area contributed by atoms with Crippen LogP contribution in [0.15, 0.2) is 29.4 Å². The highest BCUT2D eigenvalue weighted by Gasteiger charge is 2.40. The highest BCUT2D eigenvalue weighted by Crippen LogP contribution is 2.48. The lowest BCUT2D eigenvalue weighted by atomic mass is 9.81. The SMILES string of the molecule is CCOc1ncc(C)c2c1C(c1ccc(C#N)cc1OC)C(OC(=O)O)C(C)=N2. The highest BCUT2D eigenvalue weighted by molar-refractivity contribution is 5.95. The molecule has 3 rings (SSSR count). The van der Waals surface area contributed by atoms with Crippen molar-refractivity contribution in [3.8, 4) is 17.7 Å². The van der Waals surface area contributed by atoms with E-state index < -0.39 is 18.2 Å². The molecule has 1 aliphatic heterocycles. The van der Waals surface area contributed by atoms with Crippen LogP contribution in [0.3, 0.4) is 0 Å². The van der Waals surface area contributed by atoms with Crippen LogP contribution in [0.1, 0.15) is 42.0 Å². The van der Waals surface area contributed by atoms with E-state index in [4.69, 9.17) is 14.2 Å². The van der Waals surface area contributed by atoms with Gasteiger partial charge in [0, 0.05) is 11.8 Å². The van der Waals surface area contributed by atoms with Gasteiger partial charge in [-0.25, -0.2) is 9.78 Å². The summed E-state index contributed by atoms with van der Waals surface area (Å²) in [7, 11) is 1.50. The lowest BCUT2D eigenvalue weighted by Gasteiger charge is -2.33. The smallest absolute Gasteiger partial charge is 0.496 e. The van der Waals surface area contributed by atoms with E-state index in [1.165, 1.54) is 7.11 Å². The normalized spacial score (nSPS) is 17.6. The van der Waals surface area contributed by atoms with Crippen LogP contribution >= 0.6 is 0 Å². The molecule has 1 aromatic carbocycles. The number of ether oxygens (including phenoxy) is 3. The largest absolute Gasteiger partial charge is 0.506 e. The van der Waals surface area contributed by atoms with Gasteiger partial charge in [-0.2, -0.15) is 5.26 Å². The minimum absolute atomic E-state index is 0.361. The number of aryl methyl sites for hydroxylation is 1. The quantitative estimate of drug-likeness (QED) is 0.762. The number of hydrogen-bond acceptors (Lipinski definition) is 7. The van der Waals surface area contributed by atoms with Crippen LogP contribution in [-0.4, -0.2) is 41.8 Å². The van der Waals surface area contributed by atoms with Crippen LogP contribution in [0.2, 0.25) is 0 Å². The maximum absolute atomic E-state index is 11.4. The molecular weight excluding hydrogens is 374 g/mol. The molecule has 8 nitrogen and oxygen atoms in total. The third-order valence-corrected chi connectivity index (χ3v) is 4.75. The zero-order valence-corrected chi connectivity index (χ0v) is 16.6. The molecule has 0 amide bonds. The van der Waals surface area contributed by atoms with E-state index >= 15 is 0 Å². The molecule has 2 aromatic rings. The van der Waals surface area contributed by atoms with Crippen molar-refractivity contribution in [3.63, 3.8) is 0 Å². The summed E-state index contributed by atoms with van der Waals surface area (Å²) in [6, 6.07) is 7.08. The Labute approximate surface area is 168 Å². The molecule has 0 saturated carbocycles. The van der Waals surface area contributed by atoms with Crippen LogP contribution in [0.25, 0.3) is 0 Å². The van der Waals surface area contributed by atoms with Crippen molar-refractivity contribution in [1.29, 1.82) is 5.26 Å². The molecule has 0 bridgehead atoms. The van der Waals surface area contributed by atoms with Crippen molar-refractivity contribution in [1.82, 2.24) is 4.98 Å². The molecule has 8 heteroatoms. The van der Waals surface area contributed by atoms with Gasteiger partial charge in [-0.3, -0.25) is 4.99 Å². The van der Waals surface area contributed by atoms with Gasteiger partial charge in [-0.05, 0) is 38.5 Å². The van der Waals surface area contributed by atoms with Crippen molar-refractivity contribution >= 4 is 17.6 Å². The van der Waals surface area contributed by atoms with Crippen molar-refractivity contribution in [2.24, 2.45) is 4.99 Å². The van der Waals surface area contributed by atoms with Crippen LogP contribution in [-0.2, 0) is 4.74 Å². The van der Waals surface area contributed by atoms with E-state index in [0.717, 1.165) is 5.56 Å². The summed E-state index contributed by atoms with van der Waals surface area (Å²) >= 11 is 0. The Balaban J connectivity index is 2.33. The van der Waals surface area contributed by atoms with E-state index in [9.17, 15) is 15.2 Å². The van der Waals surface area contributed by atoms with Gasteiger partial charge in [-0.1, -0.05) is 6.07 Å². The van der Waals surface area contributed by atoms with E-state index in [0.29, 0.717) is 46.3 Å². The van der Waals surface area contributed by atoms with Crippen molar-refractivity contribution in [3.05, 3.63) is 46.6 Å². The van der Waals surface area contributed by atoms with Crippen molar-refractivity contribution in [2.45, 2.75) is 32.8 Å². The Bertz CT molecular complexity index is 1030. The molecule has 29 heavy (non-hydrogen) atoms. The number of nitrogens with zero attached hydrogens (tertiary/aromatic N) is 3. The Hall–Kier alpha value is -3.60. The first-order chi connectivity index (χ1) is 13.9. The predicted octanol–water partition coefficient (Wildman–Crippen LogP) is 3.97. The molecule has 2 unspecified atom stereocenters.